The smallest absolute Gasteiger partial charge is 0.142 e. The Morgan fingerprint density at radius 2 is 2.27 bits per heavy atom. The molecule has 1 heterocycles. The van der Waals surface area contributed by atoms with Crippen LogP contribution in [0.1, 0.15) is 6.92 Å². The lowest BCUT2D eigenvalue weighted by Gasteiger charge is -2.07. The summed E-state index contributed by atoms with van der Waals surface area (Å²) in [5.74, 6) is 0.402. The molecule has 0 radical (unpaired) electrons. The number of aryl methyl sites for hydroxylation is 1. The maximum atomic E-state index is 13.1. The van der Waals surface area contributed by atoms with Crippen molar-refractivity contribution in [2.75, 3.05) is 5.73 Å². The molecular weight excluding hydrogens is 193 g/mol. The van der Waals surface area contributed by atoms with Crippen LogP contribution in [0.15, 0.2) is 30.6 Å². The molecule has 0 aliphatic carbocycles. The summed E-state index contributed by atoms with van der Waals surface area (Å²) in [4.78, 5) is 4.18. The van der Waals surface area contributed by atoms with Gasteiger partial charge < -0.3 is 10.3 Å². The number of nitrogens with zero attached hydrogens (tertiary/aromatic N) is 2. The van der Waals surface area contributed by atoms with Gasteiger partial charge in [0, 0.05) is 30.2 Å². The Morgan fingerprint density at radius 3 is 3.00 bits per heavy atom. The maximum Gasteiger partial charge on any atom is 0.142 e. The predicted octanol–water partition coefficient (Wildman–Crippen LogP) is 2.29. The van der Waals surface area contributed by atoms with Crippen LogP contribution in [-0.2, 0) is 6.54 Å². The first-order chi connectivity index (χ1) is 7.22. The molecule has 15 heavy (non-hydrogen) atoms. The SMILES string of the molecule is CCn1ccnc1-c1cc(F)ccc1N. The number of anilines is 1. The molecule has 0 saturated carbocycles. The van der Waals surface area contributed by atoms with E-state index in [4.69, 9.17) is 5.73 Å². The predicted molar refractivity (Wildman–Crippen MR) is 57.7 cm³/mol. The lowest BCUT2D eigenvalue weighted by atomic mass is 10.1. The first kappa shape index (κ1) is 9.71. The Labute approximate surface area is 87.4 Å². The van der Waals surface area contributed by atoms with Crippen LogP contribution in [0.3, 0.4) is 0 Å². The fourth-order valence-corrected chi connectivity index (χ4v) is 1.53. The van der Waals surface area contributed by atoms with E-state index < -0.39 is 0 Å². The number of rotatable bonds is 2. The molecule has 1 aromatic carbocycles. The lowest BCUT2D eigenvalue weighted by Crippen LogP contribution is -1.99. The number of nitrogen functional groups attached to an aromatic ring is 1. The molecule has 0 amide bonds. The van der Waals surface area contributed by atoms with Crippen LogP contribution in [-0.4, -0.2) is 9.55 Å². The molecule has 0 aliphatic heterocycles. The quantitative estimate of drug-likeness (QED) is 0.764. The van der Waals surface area contributed by atoms with Crippen molar-refractivity contribution >= 4 is 5.69 Å². The Bertz CT molecular complexity index is 476. The molecule has 0 saturated heterocycles. The Morgan fingerprint density at radius 1 is 1.47 bits per heavy atom. The summed E-state index contributed by atoms with van der Waals surface area (Å²) in [5, 5.41) is 0. The highest BCUT2D eigenvalue weighted by Crippen LogP contribution is 2.25. The first-order valence-corrected chi connectivity index (χ1v) is 4.79. The highest BCUT2D eigenvalue weighted by molar-refractivity contribution is 5.71. The third-order valence-corrected chi connectivity index (χ3v) is 2.31. The minimum atomic E-state index is -0.301. The molecule has 0 fully saturated rings. The maximum absolute atomic E-state index is 13.1. The van der Waals surface area contributed by atoms with E-state index in [2.05, 4.69) is 4.98 Å². The van der Waals surface area contributed by atoms with Crippen LogP contribution < -0.4 is 5.73 Å². The van der Waals surface area contributed by atoms with Gasteiger partial charge in [-0.3, -0.25) is 0 Å². The molecule has 0 bridgehead atoms. The zero-order chi connectivity index (χ0) is 10.8. The Hall–Kier alpha value is -1.84. The van der Waals surface area contributed by atoms with Crippen LogP contribution in [0.25, 0.3) is 11.4 Å². The van der Waals surface area contributed by atoms with Gasteiger partial charge in [-0.05, 0) is 25.1 Å². The van der Waals surface area contributed by atoms with Crippen LogP contribution in [0.5, 0.6) is 0 Å². The first-order valence-electron chi connectivity index (χ1n) is 4.79. The van der Waals surface area contributed by atoms with Gasteiger partial charge in [-0.25, -0.2) is 9.37 Å². The summed E-state index contributed by atoms with van der Waals surface area (Å²) in [6.07, 6.45) is 3.53. The molecule has 1 aromatic heterocycles. The van der Waals surface area contributed by atoms with Crippen LogP contribution in [0.2, 0.25) is 0 Å². The second-order valence-corrected chi connectivity index (χ2v) is 3.27. The normalized spacial score (nSPS) is 10.5. The van der Waals surface area contributed by atoms with E-state index in [1.54, 1.807) is 12.3 Å². The van der Waals surface area contributed by atoms with Crippen molar-refractivity contribution in [1.29, 1.82) is 0 Å². The number of benzene rings is 1. The summed E-state index contributed by atoms with van der Waals surface area (Å²) in [6, 6.07) is 4.31. The molecule has 3 nitrogen and oxygen atoms in total. The zero-order valence-corrected chi connectivity index (χ0v) is 8.44. The van der Waals surface area contributed by atoms with Crippen molar-refractivity contribution in [1.82, 2.24) is 9.55 Å². The summed E-state index contributed by atoms with van der Waals surface area (Å²) in [7, 11) is 0. The minimum Gasteiger partial charge on any atom is -0.398 e. The van der Waals surface area contributed by atoms with Gasteiger partial charge in [0.15, 0.2) is 0 Å². The number of halogens is 1. The monoisotopic (exact) mass is 205 g/mol. The zero-order valence-electron chi connectivity index (χ0n) is 8.44. The molecular formula is C11H12FN3. The number of hydrogen-bond donors (Lipinski definition) is 1. The van der Waals surface area contributed by atoms with Gasteiger partial charge in [0.2, 0.25) is 0 Å². The van der Waals surface area contributed by atoms with Gasteiger partial charge in [-0.15, -0.1) is 0 Å². The molecule has 0 atom stereocenters. The third-order valence-electron chi connectivity index (χ3n) is 2.31. The van der Waals surface area contributed by atoms with Crippen molar-refractivity contribution in [2.45, 2.75) is 13.5 Å². The number of aromatic nitrogens is 2. The van der Waals surface area contributed by atoms with E-state index in [0.29, 0.717) is 17.1 Å². The van der Waals surface area contributed by atoms with Gasteiger partial charge in [-0.1, -0.05) is 0 Å². The van der Waals surface area contributed by atoms with Gasteiger partial charge in [-0.2, -0.15) is 0 Å². The average molecular weight is 205 g/mol. The van der Waals surface area contributed by atoms with E-state index in [-0.39, 0.29) is 5.82 Å². The number of imidazole rings is 1. The fraction of sp³-hybridized carbons (Fsp3) is 0.182. The average Bonchev–Trinajstić information content (AvgIpc) is 2.69. The van der Waals surface area contributed by atoms with Crippen LogP contribution >= 0.6 is 0 Å². The second-order valence-electron chi connectivity index (χ2n) is 3.27. The minimum absolute atomic E-state index is 0.301. The summed E-state index contributed by atoms with van der Waals surface area (Å²) in [5.41, 5.74) is 6.96. The molecule has 2 aromatic rings. The molecule has 0 aliphatic rings. The van der Waals surface area contributed by atoms with E-state index in [1.165, 1.54) is 12.1 Å². The molecule has 78 valence electrons. The standard InChI is InChI=1S/C11H12FN3/c1-2-15-6-5-14-11(15)9-7-8(12)3-4-10(9)13/h3-7H,2,13H2,1H3. The summed E-state index contributed by atoms with van der Waals surface area (Å²) in [6.45, 7) is 2.78. The van der Waals surface area contributed by atoms with Crippen LogP contribution in [0.4, 0.5) is 10.1 Å². The summed E-state index contributed by atoms with van der Waals surface area (Å²) < 4.78 is 15.0. The third kappa shape index (κ3) is 1.70. The molecule has 2 N–H and O–H groups in total. The van der Waals surface area contributed by atoms with E-state index in [9.17, 15) is 4.39 Å². The van der Waals surface area contributed by atoms with Crippen molar-refractivity contribution in [3.05, 3.63) is 36.4 Å². The largest absolute Gasteiger partial charge is 0.398 e. The van der Waals surface area contributed by atoms with E-state index in [1.807, 2.05) is 17.7 Å². The number of hydrogen-bond acceptors (Lipinski definition) is 2. The molecule has 0 spiro atoms. The summed E-state index contributed by atoms with van der Waals surface area (Å²) >= 11 is 0. The Balaban J connectivity index is 2.58. The van der Waals surface area contributed by atoms with Crippen molar-refractivity contribution < 1.29 is 4.39 Å². The van der Waals surface area contributed by atoms with Crippen LogP contribution in [0, 0.1) is 5.82 Å². The molecule has 2 rings (SSSR count). The topological polar surface area (TPSA) is 43.8 Å². The van der Waals surface area contributed by atoms with Gasteiger partial charge in [0.25, 0.3) is 0 Å². The molecule has 4 heteroatoms. The van der Waals surface area contributed by atoms with E-state index >= 15 is 0 Å². The van der Waals surface area contributed by atoms with Crippen molar-refractivity contribution in [2.24, 2.45) is 0 Å². The van der Waals surface area contributed by atoms with E-state index in [0.717, 1.165) is 6.54 Å². The Kier molecular flexibility index (Phi) is 2.41. The fourth-order valence-electron chi connectivity index (χ4n) is 1.53. The molecule has 0 unspecified atom stereocenters. The van der Waals surface area contributed by atoms with Gasteiger partial charge >= 0.3 is 0 Å². The highest BCUT2D eigenvalue weighted by atomic mass is 19.1. The van der Waals surface area contributed by atoms with Crippen molar-refractivity contribution in [3.63, 3.8) is 0 Å². The lowest BCUT2D eigenvalue weighted by molar-refractivity contribution is 0.628. The highest BCUT2D eigenvalue weighted by Gasteiger charge is 2.09. The van der Waals surface area contributed by atoms with Gasteiger partial charge in [0.05, 0.1) is 0 Å². The second kappa shape index (κ2) is 3.73. The van der Waals surface area contributed by atoms with Crippen molar-refractivity contribution in [3.8, 4) is 11.4 Å². The number of nitrogens with two attached hydrogens (primary N) is 1. The van der Waals surface area contributed by atoms with Gasteiger partial charge in [0.1, 0.15) is 11.6 Å².